The molecule has 1 unspecified atom stereocenters. The van der Waals surface area contributed by atoms with Gasteiger partial charge in [0.2, 0.25) is 0 Å². The van der Waals surface area contributed by atoms with Crippen LogP contribution in [0.2, 0.25) is 0 Å². The second-order valence-electron chi connectivity index (χ2n) is 4.82. The lowest BCUT2D eigenvalue weighted by atomic mass is 10.0. The number of hydrogen-bond acceptors (Lipinski definition) is 2. The lowest BCUT2D eigenvalue weighted by Gasteiger charge is -2.11. The second kappa shape index (κ2) is 4.96. The summed E-state index contributed by atoms with van der Waals surface area (Å²) in [5, 5.41) is 0.973. The van der Waals surface area contributed by atoms with E-state index in [0.717, 1.165) is 20.5 Å². The molecule has 0 amide bonds. The molecule has 0 saturated heterocycles. The first-order chi connectivity index (χ1) is 9.54. The predicted octanol–water partition coefficient (Wildman–Crippen LogP) is 4.54. The molecule has 3 rings (SSSR count). The zero-order valence-corrected chi connectivity index (χ0v) is 11.7. The van der Waals surface area contributed by atoms with Gasteiger partial charge in [-0.25, -0.2) is 8.78 Å². The van der Waals surface area contributed by atoms with Crippen molar-refractivity contribution in [3.05, 3.63) is 70.1 Å². The minimum Gasteiger partial charge on any atom is -0.320 e. The molecule has 1 nitrogen and oxygen atoms in total. The molecule has 0 spiro atoms. The van der Waals surface area contributed by atoms with Crippen LogP contribution in [0.25, 0.3) is 10.1 Å². The van der Waals surface area contributed by atoms with E-state index in [1.54, 1.807) is 25.1 Å². The monoisotopic (exact) mass is 289 g/mol. The van der Waals surface area contributed by atoms with Gasteiger partial charge in [0.15, 0.2) is 0 Å². The average Bonchev–Trinajstić information content (AvgIpc) is 2.84. The fourth-order valence-corrected chi connectivity index (χ4v) is 3.32. The van der Waals surface area contributed by atoms with E-state index in [2.05, 4.69) is 0 Å². The maximum atomic E-state index is 13.3. The van der Waals surface area contributed by atoms with Crippen molar-refractivity contribution >= 4 is 21.4 Å². The first kappa shape index (κ1) is 13.2. The van der Waals surface area contributed by atoms with E-state index >= 15 is 0 Å². The van der Waals surface area contributed by atoms with Crippen molar-refractivity contribution < 1.29 is 8.78 Å². The highest BCUT2D eigenvalue weighted by Crippen LogP contribution is 2.32. The fourth-order valence-electron chi connectivity index (χ4n) is 2.20. The van der Waals surface area contributed by atoms with Crippen molar-refractivity contribution in [1.82, 2.24) is 0 Å². The Morgan fingerprint density at radius 1 is 1.05 bits per heavy atom. The van der Waals surface area contributed by atoms with Gasteiger partial charge in [-0.15, -0.1) is 11.3 Å². The molecular weight excluding hydrogens is 276 g/mol. The molecule has 0 bridgehead atoms. The topological polar surface area (TPSA) is 26.0 Å². The first-order valence-corrected chi connectivity index (χ1v) is 7.07. The number of thiophene rings is 1. The van der Waals surface area contributed by atoms with Crippen LogP contribution in [0, 0.1) is 18.6 Å². The number of aryl methyl sites for hydroxylation is 1. The first-order valence-electron chi connectivity index (χ1n) is 6.25. The summed E-state index contributed by atoms with van der Waals surface area (Å²) < 4.78 is 27.4. The summed E-state index contributed by atoms with van der Waals surface area (Å²) in [5.41, 5.74) is 7.66. The van der Waals surface area contributed by atoms with Gasteiger partial charge in [0.05, 0.1) is 6.04 Å². The van der Waals surface area contributed by atoms with Gasteiger partial charge < -0.3 is 5.73 Å². The predicted molar refractivity (Wildman–Crippen MR) is 79.0 cm³/mol. The normalized spacial score (nSPS) is 12.8. The molecule has 2 N–H and O–H groups in total. The Hall–Kier alpha value is -1.78. The molecule has 2 aromatic carbocycles. The molecule has 1 aromatic heterocycles. The van der Waals surface area contributed by atoms with Crippen molar-refractivity contribution in [2.45, 2.75) is 13.0 Å². The van der Waals surface area contributed by atoms with E-state index in [1.807, 2.05) is 6.07 Å². The molecule has 0 aliphatic heterocycles. The third-order valence-electron chi connectivity index (χ3n) is 3.35. The summed E-state index contributed by atoms with van der Waals surface area (Å²) in [6.07, 6.45) is 0. The number of rotatable bonds is 2. The highest BCUT2D eigenvalue weighted by Gasteiger charge is 2.13. The lowest BCUT2D eigenvalue weighted by molar-refractivity contribution is 0.617. The Kier molecular flexibility index (Phi) is 3.28. The molecule has 3 aromatic rings. The Morgan fingerprint density at radius 2 is 1.85 bits per heavy atom. The Labute approximate surface area is 119 Å². The van der Waals surface area contributed by atoms with E-state index in [4.69, 9.17) is 5.73 Å². The summed E-state index contributed by atoms with van der Waals surface area (Å²) in [4.78, 5) is 0.941. The van der Waals surface area contributed by atoms with Crippen LogP contribution in [0.5, 0.6) is 0 Å². The third kappa shape index (κ3) is 2.32. The van der Waals surface area contributed by atoms with Crippen molar-refractivity contribution in [3.63, 3.8) is 0 Å². The summed E-state index contributed by atoms with van der Waals surface area (Å²) in [7, 11) is 0. The van der Waals surface area contributed by atoms with Gasteiger partial charge in [-0.1, -0.05) is 18.2 Å². The standard InChI is InChI=1S/C16H13F2NS/c1-9-6-11(3-5-13(9)18)16(19)15-7-10-2-4-12(17)8-14(10)20-15/h2-8,16H,19H2,1H3. The fraction of sp³-hybridized carbons (Fsp3) is 0.125. The van der Waals surface area contributed by atoms with E-state index < -0.39 is 0 Å². The van der Waals surface area contributed by atoms with Crippen molar-refractivity contribution in [1.29, 1.82) is 0 Å². The van der Waals surface area contributed by atoms with Crippen LogP contribution < -0.4 is 5.73 Å². The van der Waals surface area contributed by atoms with Crippen LogP contribution in [-0.4, -0.2) is 0 Å². The van der Waals surface area contributed by atoms with E-state index in [-0.39, 0.29) is 17.7 Å². The van der Waals surface area contributed by atoms with Crippen LogP contribution in [0.3, 0.4) is 0 Å². The smallest absolute Gasteiger partial charge is 0.126 e. The van der Waals surface area contributed by atoms with Crippen LogP contribution in [-0.2, 0) is 0 Å². The van der Waals surface area contributed by atoms with Gasteiger partial charge in [0.1, 0.15) is 11.6 Å². The maximum Gasteiger partial charge on any atom is 0.126 e. The van der Waals surface area contributed by atoms with Gasteiger partial charge in [0.25, 0.3) is 0 Å². The van der Waals surface area contributed by atoms with E-state index in [1.165, 1.54) is 29.5 Å². The molecular formula is C16H13F2NS. The molecule has 1 atom stereocenters. The van der Waals surface area contributed by atoms with Crippen molar-refractivity contribution in [3.8, 4) is 0 Å². The van der Waals surface area contributed by atoms with Gasteiger partial charge in [-0.05, 0) is 47.7 Å². The number of hydrogen-bond donors (Lipinski definition) is 1. The molecule has 0 saturated carbocycles. The highest BCUT2D eigenvalue weighted by atomic mass is 32.1. The summed E-state index contributed by atoms with van der Waals surface area (Å²) in [6, 6.07) is 11.2. The van der Waals surface area contributed by atoms with Gasteiger partial charge >= 0.3 is 0 Å². The zero-order chi connectivity index (χ0) is 14.3. The summed E-state index contributed by atoms with van der Waals surface area (Å²) in [6.45, 7) is 1.71. The molecule has 102 valence electrons. The van der Waals surface area contributed by atoms with Crippen LogP contribution in [0.15, 0.2) is 42.5 Å². The largest absolute Gasteiger partial charge is 0.320 e. The summed E-state index contributed by atoms with van der Waals surface area (Å²) >= 11 is 1.47. The minimum atomic E-state index is -0.324. The SMILES string of the molecule is Cc1cc(C(N)c2cc3ccc(F)cc3s2)ccc1F. The lowest BCUT2D eigenvalue weighted by Crippen LogP contribution is -2.10. The van der Waals surface area contributed by atoms with E-state index in [9.17, 15) is 8.78 Å². The molecule has 1 heterocycles. The summed E-state index contributed by atoms with van der Waals surface area (Å²) in [5.74, 6) is -0.489. The third-order valence-corrected chi connectivity index (χ3v) is 4.53. The van der Waals surface area contributed by atoms with Gasteiger partial charge in [-0.2, -0.15) is 0 Å². The number of fused-ring (bicyclic) bond motifs is 1. The van der Waals surface area contributed by atoms with E-state index in [0.29, 0.717) is 5.56 Å². The Morgan fingerprint density at radius 3 is 2.60 bits per heavy atom. The number of benzene rings is 2. The van der Waals surface area contributed by atoms with Crippen LogP contribution >= 0.6 is 11.3 Å². The number of nitrogens with two attached hydrogens (primary N) is 1. The zero-order valence-electron chi connectivity index (χ0n) is 10.9. The molecule has 20 heavy (non-hydrogen) atoms. The van der Waals surface area contributed by atoms with Crippen molar-refractivity contribution in [2.24, 2.45) is 5.73 Å². The highest BCUT2D eigenvalue weighted by molar-refractivity contribution is 7.19. The molecule has 0 radical (unpaired) electrons. The molecule has 0 fully saturated rings. The molecule has 0 aliphatic rings. The van der Waals surface area contributed by atoms with Crippen LogP contribution in [0.1, 0.15) is 22.0 Å². The van der Waals surface area contributed by atoms with Crippen LogP contribution in [0.4, 0.5) is 8.78 Å². The maximum absolute atomic E-state index is 13.3. The van der Waals surface area contributed by atoms with Crippen molar-refractivity contribution in [2.75, 3.05) is 0 Å². The quantitative estimate of drug-likeness (QED) is 0.736. The number of halogens is 2. The molecule has 4 heteroatoms. The Bertz CT molecular complexity index is 779. The van der Waals surface area contributed by atoms with Gasteiger partial charge in [-0.3, -0.25) is 0 Å². The Balaban J connectivity index is 2.02. The second-order valence-corrected chi connectivity index (χ2v) is 5.93. The van der Waals surface area contributed by atoms with Gasteiger partial charge in [0, 0.05) is 9.58 Å². The molecule has 0 aliphatic carbocycles. The average molecular weight is 289 g/mol. The minimum absolute atomic E-state index is 0.237.